The van der Waals surface area contributed by atoms with Crippen LogP contribution in [0.2, 0.25) is 0 Å². The van der Waals surface area contributed by atoms with E-state index in [4.69, 9.17) is 4.74 Å². The minimum Gasteiger partial charge on any atom is -0.488 e. The number of amides is 1. The number of hydrogen-bond donors (Lipinski definition) is 2. The number of ether oxygens (including phenoxy) is 1. The van der Waals surface area contributed by atoms with Crippen molar-refractivity contribution >= 4 is 11.6 Å². The van der Waals surface area contributed by atoms with E-state index in [-0.39, 0.29) is 17.7 Å². The van der Waals surface area contributed by atoms with Crippen LogP contribution in [0.3, 0.4) is 0 Å². The van der Waals surface area contributed by atoms with Gasteiger partial charge in [0.15, 0.2) is 0 Å². The summed E-state index contributed by atoms with van der Waals surface area (Å²) in [6.45, 7) is 3.17. The van der Waals surface area contributed by atoms with Crippen molar-refractivity contribution in [2.24, 2.45) is 0 Å². The molecule has 0 aliphatic carbocycles. The van der Waals surface area contributed by atoms with Crippen LogP contribution in [0, 0.1) is 5.82 Å². The number of nitrogens with zero attached hydrogens (tertiary/aromatic N) is 1. The standard InChI is InChI=1S/C24H25FN2O3/c1-16(24(29)12-5-18-4-3-13-26-15-18)30-21-9-6-19(7-10-21)20-8-11-23(22(25)14-20)27-17(2)28/h3-4,6-11,13-16,24,29H,5,12H2,1-2H3,(H,27,28). The quantitative estimate of drug-likeness (QED) is 0.571. The van der Waals surface area contributed by atoms with Gasteiger partial charge in [0.25, 0.3) is 0 Å². The van der Waals surface area contributed by atoms with Gasteiger partial charge < -0.3 is 15.2 Å². The number of aryl methyl sites for hydroxylation is 1. The third-order valence-electron chi connectivity index (χ3n) is 4.78. The Bertz CT molecular complexity index is 978. The summed E-state index contributed by atoms with van der Waals surface area (Å²) in [4.78, 5) is 15.2. The number of aliphatic hydroxyl groups is 1. The smallest absolute Gasteiger partial charge is 0.221 e. The van der Waals surface area contributed by atoms with Crippen molar-refractivity contribution < 1.29 is 19.0 Å². The number of aliphatic hydroxyl groups excluding tert-OH is 1. The fraction of sp³-hybridized carbons (Fsp3) is 0.250. The van der Waals surface area contributed by atoms with E-state index >= 15 is 0 Å². The molecule has 5 nitrogen and oxygen atoms in total. The number of carbonyl (C=O) groups excluding carboxylic acids is 1. The van der Waals surface area contributed by atoms with E-state index in [1.807, 2.05) is 31.2 Å². The molecule has 2 aromatic carbocycles. The summed E-state index contributed by atoms with van der Waals surface area (Å²) in [5.41, 5.74) is 2.74. The lowest BCUT2D eigenvalue weighted by molar-refractivity contribution is -0.114. The highest BCUT2D eigenvalue weighted by Gasteiger charge is 2.16. The highest BCUT2D eigenvalue weighted by atomic mass is 19.1. The lowest BCUT2D eigenvalue weighted by Crippen LogP contribution is -2.29. The molecule has 3 aromatic rings. The average Bonchev–Trinajstić information content (AvgIpc) is 2.74. The lowest BCUT2D eigenvalue weighted by atomic mass is 10.0. The molecule has 0 fully saturated rings. The van der Waals surface area contributed by atoms with E-state index in [2.05, 4.69) is 10.3 Å². The summed E-state index contributed by atoms with van der Waals surface area (Å²) in [5, 5.41) is 12.8. The number of pyridine rings is 1. The molecular formula is C24H25FN2O3. The summed E-state index contributed by atoms with van der Waals surface area (Å²) in [7, 11) is 0. The minimum absolute atomic E-state index is 0.153. The van der Waals surface area contributed by atoms with Gasteiger partial charge in [0, 0.05) is 19.3 Å². The zero-order valence-electron chi connectivity index (χ0n) is 17.0. The first-order valence-electron chi connectivity index (χ1n) is 9.83. The lowest BCUT2D eigenvalue weighted by Gasteiger charge is -2.20. The van der Waals surface area contributed by atoms with E-state index in [0.717, 1.165) is 17.5 Å². The molecule has 0 bridgehead atoms. The molecule has 0 saturated carbocycles. The molecule has 156 valence electrons. The molecule has 1 heterocycles. The van der Waals surface area contributed by atoms with Gasteiger partial charge in [-0.2, -0.15) is 0 Å². The molecule has 0 aliphatic rings. The van der Waals surface area contributed by atoms with Gasteiger partial charge >= 0.3 is 0 Å². The Morgan fingerprint density at radius 3 is 2.53 bits per heavy atom. The van der Waals surface area contributed by atoms with Crippen molar-refractivity contribution in [3.63, 3.8) is 0 Å². The summed E-state index contributed by atoms with van der Waals surface area (Å²) in [5.74, 6) is -0.185. The van der Waals surface area contributed by atoms with Crippen molar-refractivity contribution in [1.82, 2.24) is 4.98 Å². The number of halogens is 1. The van der Waals surface area contributed by atoms with Gasteiger partial charge in [0.05, 0.1) is 11.8 Å². The number of hydrogen-bond acceptors (Lipinski definition) is 4. The van der Waals surface area contributed by atoms with Gasteiger partial charge in [-0.25, -0.2) is 4.39 Å². The number of anilines is 1. The fourth-order valence-electron chi connectivity index (χ4n) is 3.10. The molecular weight excluding hydrogens is 383 g/mol. The predicted octanol–water partition coefficient (Wildman–Crippen LogP) is 4.61. The minimum atomic E-state index is -0.611. The van der Waals surface area contributed by atoms with Crippen molar-refractivity contribution in [2.45, 2.75) is 38.9 Å². The Kier molecular flexibility index (Phi) is 7.14. The first-order valence-corrected chi connectivity index (χ1v) is 9.83. The highest BCUT2D eigenvalue weighted by molar-refractivity contribution is 5.89. The third kappa shape index (κ3) is 5.87. The zero-order chi connectivity index (χ0) is 21.5. The second-order valence-electron chi connectivity index (χ2n) is 7.19. The largest absolute Gasteiger partial charge is 0.488 e. The summed E-state index contributed by atoms with van der Waals surface area (Å²) >= 11 is 0. The van der Waals surface area contributed by atoms with Crippen molar-refractivity contribution in [2.75, 3.05) is 5.32 Å². The molecule has 0 spiro atoms. The summed E-state index contributed by atoms with van der Waals surface area (Å²) in [6, 6.07) is 15.8. The molecule has 2 N–H and O–H groups in total. The Morgan fingerprint density at radius 1 is 1.17 bits per heavy atom. The maximum atomic E-state index is 14.2. The topological polar surface area (TPSA) is 71.5 Å². The summed E-state index contributed by atoms with van der Waals surface area (Å²) < 4.78 is 20.0. The Hall–Kier alpha value is -3.25. The number of aromatic nitrogens is 1. The van der Waals surface area contributed by atoms with Gasteiger partial charge in [-0.3, -0.25) is 9.78 Å². The van der Waals surface area contributed by atoms with Crippen molar-refractivity contribution in [3.8, 4) is 16.9 Å². The van der Waals surface area contributed by atoms with Gasteiger partial charge in [0.2, 0.25) is 5.91 Å². The molecule has 0 saturated heterocycles. The fourth-order valence-corrected chi connectivity index (χ4v) is 3.10. The second-order valence-corrected chi connectivity index (χ2v) is 7.19. The Morgan fingerprint density at radius 2 is 1.90 bits per heavy atom. The van der Waals surface area contributed by atoms with Gasteiger partial charge in [-0.1, -0.05) is 24.3 Å². The number of benzene rings is 2. The van der Waals surface area contributed by atoms with Crippen LogP contribution in [-0.2, 0) is 11.2 Å². The molecule has 0 radical (unpaired) electrons. The van der Waals surface area contributed by atoms with Crippen LogP contribution in [0.5, 0.6) is 5.75 Å². The average molecular weight is 408 g/mol. The monoisotopic (exact) mass is 408 g/mol. The Labute approximate surface area is 175 Å². The first-order chi connectivity index (χ1) is 14.4. The van der Waals surface area contributed by atoms with Crippen LogP contribution in [-0.4, -0.2) is 28.2 Å². The normalized spacial score (nSPS) is 12.8. The molecule has 1 amide bonds. The van der Waals surface area contributed by atoms with E-state index in [1.165, 1.54) is 19.1 Å². The van der Waals surface area contributed by atoms with E-state index in [0.29, 0.717) is 17.7 Å². The van der Waals surface area contributed by atoms with Crippen LogP contribution in [0.25, 0.3) is 11.1 Å². The maximum Gasteiger partial charge on any atom is 0.221 e. The Balaban J connectivity index is 1.58. The third-order valence-corrected chi connectivity index (χ3v) is 4.78. The van der Waals surface area contributed by atoms with Crippen LogP contribution in [0.4, 0.5) is 10.1 Å². The highest BCUT2D eigenvalue weighted by Crippen LogP contribution is 2.27. The van der Waals surface area contributed by atoms with E-state index in [1.54, 1.807) is 30.6 Å². The van der Waals surface area contributed by atoms with Crippen molar-refractivity contribution in [3.05, 3.63) is 78.4 Å². The van der Waals surface area contributed by atoms with E-state index in [9.17, 15) is 14.3 Å². The molecule has 3 rings (SSSR count). The number of rotatable bonds is 8. The summed E-state index contributed by atoms with van der Waals surface area (Å²) in [6.07, 6.45) is 3.83. The zero-order valence-corrected chi connectivity index (χ0v) is 17.0. The molecule has 2 unspecified atom stereocenters. The second kappa shape index (κ2) is 9.98. The molecule has 1 aromatic heterocycles. The predicted molar refractivity (Wildman–Crippen MR) is 115 cm³/mol. The number of nitrogens with one attached hydrogen (secondary N) is 1. The number of carbonyl (C=O) groups is 1. The SMILES string of the molecule is CC(=O)Nc1ccc(-c2ccc(OC(C)C(O)CCc3cccnc3)cc2)cc1F. The van der Waals surface area contributed by atoms with Crippen LogP contribution < -0.4 is 10.1 Å². The molecule has 2 atom stereocenters. The van der Waals surface area contributed by atoms with Gasteiger partial charge in [-0.15, -0.1) is 0 Å². The van der Waals surface area contributed by atoms with Gasteiger partial charge in [-0.05, 0) is 66.8 Å². The molecule has 0 aliphatic heterocycles. The van der Waals surface area contributed by atoms with E-state index < -0.39 is 11.9 Å². The maximum absolute atomic E-state index is 14.2. The van der Waals surface area contributed by atoms with Crippen LogP contribution in [0.1, 0.15) is 25.8 Å². The van der Waals surface area contributed by atoms with Crippen molar-refractivity contribution in [1.29, 1.82) is 0 Å². The first kappa shape index (κ1) is 21.5. The van der Waals surface area contributed by atoms with Crippen LogP contribution in [0.15, 0.2) is 67.0 Å². The molecule has 6 heteroatoms. The van der Waals surface area contributed by atoms with Crippen LogP contribution >= 0.6 is 0 Å². The van der Waals surface area contributed by atoms with Gasteiger partial charge in [0.1, 0.15) is 17.7 Å². The molecule has 30 heavy (non-hydrogen) atoms.